The van der Waals surface area contributed by atoms with Gasteiger partial charge in [0.25, 0.3) is 0 Å². The second kappa shape index (κ2) is 7.73. The van der Waals surface area contributed by atoms with Crippen LogP contribution in [0.1, 0.15) is 17.4 Å². The van der Waals surface area contributed by atoms with Crippen LogP contribution in [0.3, 0.4) is 0 Å². The number of benzene rings is 2. The van der Waals surface area contributed by atoms with E-state index in [4.69, 9.17) is 14.3 Å². The third-order valence-corrected chi connectivity index (χ3v) is 5.10. The van der Waals surface area contributed by atoms with Crippen LogP contribution in [-0.4, -0.2) is 26.5 Å². The highest BCUT2D eigenvalue weighted by Gasteiger charge is 2.27. The van der Waals surface area contributed by atoms with E-state index >= 15 is 0 Å². The molecule has 0 radical (unpaired) electrons. The first-order valence-electron chi connectivity index (χ1n) is 8.08. The predicted molar refractivity (Wildman–Crippen MR) is 98.2 cm³/mol. The van der Waals surface area contributed by atoms with Gasteiger partial charge in [-0.3, -0.25) is 4.79 Å². The fourth-order valence-corrected chi connectivity index (χ4v) is 3.36. The molecular weight excluding hydrogens is 368 g/mol. The first-order chi connectivity index (χ1) is 12.9. The van der Waals surface area contributed by atoms with Gasteiger partial charge >= 0.3 is 5.97 Å². The second-order valence-electron chi connectivity index (χ2n) is 5.88. The van der Waals surface area contributed by atoms with Gasteiger partial charge in [0, 0.05) is 0 Å². The Labute approximate surface area is 156 Å². The van der Waals surface area contributed by atoms with Crippen molar-refractivity contribution >= 4 is 16.0 Å². The van der Waals surface area contributed by atoms with E-state index in [0.717, 1.165) is 16.7 Å². The zero-order valence-corrected chi connectivity index (χ0v) is 15.3. The molecule has 0 aliphatic rings. The monoisotopic (exact) mass is 386 g/mol. The van der Waals surface area contributed by atoms with Crippen molar-refractivity contribution in [2.45, 2.75) is 17.2 Å². The maximum atomic E-state index is 12.2. The van der Waals surface area contributed by atoms with Crippen molar-refractivity contribution in [3.8, 4) is 11.1 Å². The molecule has 140 valence electrons. The Kier molecular flexibility index (Phi) is 5.38. The topological polar surface area (TPSA) is 112 Å². The van der Waals surface area contributed by atoms with E-state index in [9.17, 15) is 13.2 Å². The fourth-order valence-electron chi connectivity index (χ4n) is 2.84. The third-order valence-electron chi connectivity index (χ3n) is 4.17. The molecule has 2 N–H and O–H groups in total. The summed E-state index contributed by atoms with van der Waals surface area (Å²) in [7, 11) is -2.44. The first kappa shape index (κ1) is 18.8. The summed E-state index contributed by atoms with van der Waals surface area (Å²) < 4.78 is 33.1. The summed E-state index contributed by atoms with van der Waals surface area (Å²) in [5.74, 6) is -0.854. The number of ether oxygens (including phenoxy) is 1. The van der Waals surface area contributed by atoms with Gasteiger partial charge in [-0.2, -0.15) is 0 Å². The zero-order valence-electron chi connectivity index (χ0n) is 14.5. The number of oxazole rings is 1. The van der Waals surface area contributed by atoms with Gasteiger partial charge in [0.15, 0.2) is 0 Å². The molecule has 1 unspecified atom stereocenters. The minimum atomic E-state index is -3.76. The zero-order chi connectivity index (χ0) is 19.4. The molecule has 0 fully saturated rings. The number of rotatable bonds is 6. The SMILES string of the molecule is COC(=O)C(Cc1ccccc1-c1ccc(S(N)(=O)=O)cc1)c1ncco1. The normalized spacial score (nSPS) is 12.5. The largest absolute Gasteiger partial charge is 0.468 e. The van der Waals surface area contributed by atoms with Crippen molar-refractivity contribution < 1.29 is 22.4 Å². The van der Waals surface area contributed by atoms with E-state index in [2.05, 4.69) is 4.98 Å². The quantitative estimate of drug-likeness (QED) is 0.651. The van der Waals surface area contributed by atoms with Crippen LogP contribution >= 0.6 is 0 Å². The molecule has 27 heavy (non-hydrogen) atoms. The lowest BCUT2D eigenvalue weighted by Gasteiger charge is -2.15. The van der Waals surface area contributed by atoms with Crippen molar-refractivity contribution in [1.29, 1.82) is 0 Å². The molecule has 2 aromatic carbocycles. The summed E-state index contributed by atoms with van der Waals surface area (Å²) in [6.07, 6.45) is 3.20. The molecule has 0 aliphatic heterocycles. The van der Waals surface area contributed by atoms with E-state index in [0.29, 0.717) is 6.42 Å². The number of methoxy groups -OCH3 is 1. The number of carbonyl (C=O) groups is 1. The standard InChI is InChI=1S/C19H18N2O5S/c1-25-19(22)17(18-21-10-11-26-18)12-14-4-2-3-5-16(14)13-6-8-15(9-7-13)27(20,23)24/h2-11,17H,12H2,1H3,(H2,20,23,24). The van der Waals surface area contributed by atoms with Crippen LogP contribution in [0.15, 0.2) is 70.3 Å². The molecule has 1 heterocycles. The van der Waals surface area contributed by atoms with Crippen LogP contribution in [0.25, 0.3) is 11.1 Å². The molecule has 1 aromatic heterocycles. The highest BCUT2D eigenvalue weighted by Crippen LogP contribution is 2.29. The van der Waals surface area contributed by atoms with Crippen LogP contribution < -0.4 is 5.14 Å². The Morgan fingerprint density at radius 2 is 1.89 bits per heavy atom. The number of esters is 1. The van der Waals surface area contributed by atoms with E-state index in [1.165, 1.54) is 31.7 Å². The Bertz CT molecular complexity index is 1030. The van der Waals surface area contributed by atoms with Gasteiger partial charge in [0.05, 0.1) is 18.2 Å². The molecule has 0 saturated heterocycles. The van der Waals surface area contributed by atoms with Gasteiger partial charge in [0.2, 0.25) is 15.9 Å². The number of aromatic nitrogens is 1. The fraction of sp³-hybridized carbons (Fsp3) is 0.158. The second-order valence-corrected chi connectivity index (χ2v) is 7.44. The molecule has 8 heteroatoms. The highest BCUT2D eigenvalue weighted by molar-refractivity contribution is 7.89. The molecule has 3 rings (SSSR count). The van der Waals surface area contributed by atoms with E-state index in [1.54, 1.807) is 12.1 Å². The summed E-state index contributed by atoms with van der Waals surface area (Å²) in [6, 6.07) is 13.8. The van der Waals surface area contributed by atoms with Gasteiger partial charge in [-0.05, 0) is 35.2 Å². The predicted octanol–water partition coefficient (Wildman–Crippen LogP) is 2.49. The molecule has 1 atom stereocenters. The smallest absolute Gasteiger partial charge is 0.318 e. The number of hydrogen-bond acceptors (Lipinski definition) is 6. The van der Waals surface area contributed by atoms with E-state index < -0.39 is 21.9 Å². The Morgan fingerprint density at radius 1 is 1.19 bits per heavy atom. The lowest BCUT2D eigenvalue weighted by atomic mass is 9.92. The Hall–Kier alpha value is -2.97. The summed E-state index contributed by atoms with van der Waals surface area (Å²) >= 11 is 0. The Balaban J connectivity index is 1.97. The van der Waals surface area contributed by atoms with Crippen LogP contribution in [0.2, 0.25) is 0 Å². The van der Waals surface area contributed by atoms with Crippen LogP contribution in [0.5, 0.6) is 0 Å². The summed E-state index contributed by atoms with van der Waals surface area (Å²) in [4.78, 5) is 16.3. The maximum Gasteiger partial charge on any atom is 0.318 e. The van der Waals surface area contributed by atoms with Crippen molar-refractivity contribution in [2.75, 3.05) is 7.11 Å². The van der Waals surface area contributed by atoms with Crippen LogP contribution in [0.4, 0.5) is 0 Å². The van der Waals surface area contributed by atoms with Crippen molar-refractivity contribution in [3.05, 3.63) is 72.4 Å². The highest BCUT2D eigenvalue weighted by atomic mass is 32.2. The minimum Gasteiger partial charge on any atom is -0.468 e. The average molecular weight is 386 g/mol. The number of nitrogens with two attached hydrogens (primary N) is 1. The number of nitrogens with zero attached hydrogens (tertiary/aromatic N) is 1. The van der Waals surface area contributed by atoms with Gasteiger partial charge in [-0.15, -0.1) is 0 Å². The van der Waals surface area contributed by atoms with Crippen molar-refractivity contribution in [2.24, 2.45) is 5.14 Å². The lowest BCUT2D eigenvalue weighted by Crippen LogP contribution is -2.17. The molecular formula is C19H18N2O5S. The van der Waals surface area contributed by atoms with Gasteiger partial charge in [-0.25, -0.2) is 18.5 Å². The Morgan fingerprint density at radius 3 is 2.48 bits per heavy atom. The van der Waals surface area contributed by atoms with Crippen molar-refractivity contribution in [1.82, 2.24) is 4.98 Å². The average Bonchev–Trinajstić information content (AvgIpc) is 3.19. The number of primary sulfonamides is 1. The molecule has 3 aromatic rings. The first-order valence-corrected chi connectivity index (χ1v) is 9.63. The third kappa shape index (κ3) is 4.24. The van der Waals surface area contributed by atoms with E-state index in [1.807, 2.05) is 24.3 Å². The van der Waals surface area contributed by atoms with Crippen LogP contribution in [0, 0.1) is 0 Å². The van der Waals surface area contributed by atoms with Gasteiger partial charge < -0.3 is 9.15 Å². The molecule has 0 bridgehead atoms. The summed E-state index contributed by atoms with van der Waals surface area (Å²) in [5.41, 5.74) is 2.53. The van der Waals surface area contributed by atoms with Gasteiger partial charge in [0.1, 0.15) is 12.2 Å². The summed E-state index contributed by atoms with van der Waals surface area (Å²) in [6.45, 7) is 0. The van der Waals surface area contributed by atoms with E-state index in [-0.39, 0.29) is 10.8 Å². The molecule has 7 nitrogen and oxygen atoms in total. The molecule has 0 spiro atoms. The molecule has 0 amide bonds. The number of carbonyl (C=O) groups excluding carboxylic acids is 1. The molecule has 0 aliphatic carbocycles. The minimum absolute atomic E-state index is 0.0379. The van der Waals surface area contributed by atoms with Gasteiger partial charge in [-0.1, -0.05) is 36.4 Å². The van der Waals surface area contributed by atoms with Crippen LogP contribution in [-0.2, 0) is 26.0 Å². The molecule has 0 saturated carbocycles. The van der Waals surface area contributed by atoms with Crippen molar-refractivity contribution in [3.63, 3.8) is 0 Å². The number of sulfonamides is 1. The maximum absolute atomic E-state index is 12.2. The number of hydrogen-bond donors (Lipinski definition) is 1. The summed E-state index contributed by atoms with van der Waals surface area (Å²) in [5, 5.41) is 5.15. The lowest BCUT2D eigenvalue weighted by molar-refractivity contribution is -0.142.